The van der Waals surface area contributed by atoms with Crippen LogP contribution in [0, 0.1) is 0 Å². The topological polar surface area (TPSA) is 98.7 Å². The maximum atomic E-state index is 12.9. The average Bonchev–Trinajstić information content (AvgIpc) is 2.88. The molecule has 0 aliphatic carbocycles. The lowest BCUT2D eigenvalue weighted by Gasteiger charge is -2.14. The van der Waals surface area contributed by atoms with Crippen molar-refractivity contribution < 1.29 is 19.8 Å². The lowest BCUT2D eigenvalue weighted by atomic mass is 10.2. The lowest BCUT2D eigenvalue weighted by Crippen LogP contribution is -2.13. The highest BCUT2D eigenvalue weighted by molar-refractivity contribution is 9.11. The van der Waals surface area contributed by atoms with Gasteiger partial charge in [-0.05, 0) is 80.4 Å². The molecular formula is C26H16Br4N2O4S2. The van der Waals surface area contributed by atoms with Crippen LogP contribution in [-0.2, 0) is 0 Å². The first-order valence-corrected chi connectivity index (χ1v) is 16.0. The van der Waals surface area contributed by atoms with E-state index in [4.69, 9.17) is 0 Å². The van der Waals surface area contributed by atoms with Gasteiger partial charge in [0.15, 0.2) is 0 Å². The second-order valence-corrected chi connectivity index (χ2v) is 13.4. The van der Waals surface area contributed by atoms with Crippen LogP contribution in [0.25, 0.3) is 0 Å². The molecule has 194 valence electrons. The third kappa shape index (κ3) is 6.97. The van der Waals surface area contributed by atoms with Gasteiger partial charge < -0.3 is 20.8 Å². The number of phenols is 2. The molecule has 0 fully saturated rings. The van der Waals surface area contributed by atoms with Crippen molar-refractivity contribution >= 4 is 108 Å². The van der Waals surface area contributed by atoms with Gasteiger partial charge in [0.2, 0.25) is 0 Å². The predicted octanol–water partition coefficient (Wildman–Crippen LogP) is 9.45. The van der Waals surface area contributed by atoms with Crippen molar-refractivity contribution in [3.05, 3.63) is 102 Å². The zero-order valence-corrected chi connectivity index (χ0v) is 26.9. The molecule has 12 heteroatoms. The van der Waals surface area contributed by atoms with Crippen LogP contribution >= 0.6 is 85.3 Å². The molecule has 38 heavy (non-hydrogen) atoms. The Balaban J connectivity index is 1.52. The largest absolute Gasteiger partial charge is 0.506 e. The van der Waals surface area contributed by atoms with Crippen molar-refractivity contribution in [1.82, 2.24) is 0 Å². The van der Waals surface area contributed by atoms with Crippen LogP contribution in [0.2, 0.25) is 0 Å². The second kappa shape index (κ2) is 12.9. The summed E-state index contributed by atoms with van der Waals surface area (Å²) < 4.78 is 2.09. The fourth-order valence-electron chi connectivity index (χ4n) is 3.23. The Bertz CT molecular complexity index is 1440. The van der Waals surface area contributed by atoms with Gasteiger partial charge in [-0.25, -0.2) is 0 Å². The smallest absolute Gasteiger partial charge is 0.259 e. The third-order valence-corrected chi connectivity index (χ3v) is 9.64. The number of aromatic hydroxyl groups is 2. The molecule has 4 aromatic carbocycles. The molecule has 6 nitrogen and oxygen atoms in total. The van der Waals surface area contributed by atoms with Gasteiger partial charge in [0.05, 0.1) is 31.4 Å². The molecule has 0 heterocycles. The van der Waals surface area contributed by atoms with Crippen LogP contribution in [0.5, 0.6) is 11.5 Å². The SMILES string of the molecule is O=C(Nc1ccccc1SSc1ccccc1NC(=O)c1cc(Br)cc(Br)c1O)c1cc(Br)cc(Br)c1O. The molecule has 0 bridgehead atoms. The summed E-state index contributed by atoms with van der Waals surface area (Å²) in [6.45, 7) is 0. The first-order valence-electron chi connectivity index (χ1n) is 10.7. The molecule has 0 aliphatic rings. The minimum atomic E-state index is -0.463. The number of halogens is 4. The molecule has 0 radical (unpaired) electrons. The van der Waals surface area contributed by atoms with Gasteiger partial charge >= 0.3 is 0 Å². The van der Waals surface area contributed by atoms with E-state index in [0.717, 1.165) is 9.79 Å². The van der Waals surface area contributed by atoms with Crippen molar-refractivity contribution in [2.45, 2.75) is 9.79 Å². The summed E-state index contributed by atoms with van der Waals surface area (Å²) in [5.41, 5.74) is 1.37. The molecule has 4 aromatic rings. The van der Waals surface area contributed by atoms with Gasteiger partial charge in [-0.2, -0.15) is 0 Å². The van der Waals surface area contributed by atoms with Crippen LogP contribution in [0.3, 0.4) is 0 Å². The van der Waals surface area contributed by atoms with Gasteiger partial charge in [0, 0.05) is 18.7 Å². The van der Waals surface area contributed by atoms with E-state index in [0.29, 0.717) is 29.3 Å². The summed E-state index contributed by atoms with van der Waals surface area (Å²) in [4.78, 5) is 27.4. The van der Waals surface area contributed by atoms with Crippen LogP contribution < -0.4 is 10.6 Å². The number of benzene rings is 4. The van der Waals surface area contributed by atoms with Gasteiger partial charge in [-0.15, -0.1) is 0 Å². The normalized spacial score (nSPS) is 10.7. The standard InChI is InChI=1S/C26H16Br4N2O4S2/c27-13-9-15(23(33)17(29)11-13)25(35)31-19-5-1-3-7-21(19)37-38-22-8-4-2-6-20(22)32-26(36)16-10-14(28)12-18(30)24(16)34/h1-12,33-34H,(H,31,35)(H,32,36). The Morgan fingerprint density at radius 1 is 0.605 bits per heavy atom. The van der Waals surface area contributed by atoms with E-state index in [1.54, 1.807) is 48.5 Å². The Labute approximate surface area is 259 Å². The number of carbonyl (C=O) groups is 2. The molecule has 0 aliphatic heterocycles. The van der Waals surface area contributed by atoms with Crippen LogP contribution in [0.4, 0.5) is 11.4 Å². The summed E-state index contributed by atoms with van der Waals surface area (Å²) >= 11 is 13.2. The number of carbonyl (C=O) groups excluding carboxylic acids is 2. The van der Waals surface area contributed by atoms with Gasteiger partial charge in [-0.1, -0.05) is 77.7 Å². The molecule has 0 saturated carbocycles. The molecule has 0 saturated heterocycles. The number of hydrogen-bond acceptors (Lipinski definition) is 6. The summed E-state index contributed by atoms with van der Waals surface area (Å²) in [6, 6.07) is 21.0. The quantitative estimate of drug-likeness (QED) is 0.139. The van der Waals surface area contributed by atoms with Crippen molar-refractivity contribution in [2.24, 2.45) is 0 Å². The Kier molecular flexibility index (Phi) is 9.88. The maximum Gasteiger partial charge on any atom is 0.259 e. The average molecular weight is 804 g/mol. The number of para-hydroxylation sites is 2. The number of phenolic OH excluding ortho intramolecular Hbond substituents is 2. The van der Waals surface area contributed by atoms with Crippen LogP contribution in [-0.4, -0.2) is 22.0 Å². The monoisotopic (exact) mass is 800 g/mol. The number of anilines is 2. The maximum absolute atomic E-state index is 12.9. The van der Waals surface area contributed by atoms with E-state index in [-0.39, 0.29) is 22.6 Å². The zero-order valence-electron chi connectivity index (χ0n) is 19.0. The van der Waals surface area contributed by atoms with Crippen LogP contribution in [0.15, 0.2) is 100 Å². The Hall–Kier alpha value is -1.96. The molecule has 0 unspecified atom stereocenters. The van der Waals surface area contributed by atoms with Crippen molar-refractivity contribution in [1.29, 1.82) is 0 Å². The van der Waals surface area contributed by atoms with Gasteiger partial charge in [0.25, 0.3) is 11.8 Å². The highest BCUT2D eigenvalue weighted by atomic mass is 79.9. The fraction of sp³-hybridized carbons (Fsp3) is 0. The minimum absolute atomic E-state index is 0.120. The molecule has 2 amide bonds. The summed E-state index contributed by atoms with van der Waals surface area (Å²) in [7, 11) is 2.80. The number of amides is 2. The zero-order chi connectivity index (χ0) is 27.4. The van der Waals surface area contributed by atoms with E-state index in [9.17, 15) is 19.8 Å². The van der Waals surface area contributed by atoms with Crippen molar-refractivity contribution in [2.75, 3.05) is 10.6 Å². The highest BCUT2D eigenvalue weighted by Gasteiger charge is 2.19. The second-order valence-electron chi connectivity index (χ2n) is 7.63. The molecule has 4 rings (SSSR count). The summed E-state index contributed by atoms with van der Waals surface area (Å²) in [5.74, 6) is -1.23. The molecule has 0 atom stereocenters. The minimum Gasteiger partial charge on any atom is -0.506 e. The van der Waals surface area contributed by atoms with E-state index < -0.39 is 11.8 Å². The molecule has 0 spiro atoms. The fourth-order valence-corrected chi connectivity index (χ4v) is 7.96. The van der Waals surface area contributed by atoms with E-state index in [1.807, 2.05) is 24.3 Å². The number of nitrogens with one attached hydrogen (secondary N) is 2. The first kappa shape index (κ1) is 29.0. The van der Waals surface area contributed by atoms with E-state index >= 15 is 0 Å². The Morgan fingerprint density at radius 3 is 1.37 bits per heavy atom. The molecular weight excluding hydrogens is 788 g/mol. The number of hydrogen-bond donors (Lipinski definition) is 4. The summed E-state index contributed by atoms with van der Waals surface area (Å²) in [6.07, 6.45) is 0. The van der Waals surface area contributed by atoms with Gasteiger partial charge in [-0.3, -0.25) is 9.59 Å². The predicted molar refractivity (Wildman–Crippen MR) is 168 cm³/mol. The third-order valence-electron chi connectivity index (χ3n) is 5.04. The van der Waals surface area contributed by atoms with Crippen LogP contribution in [0.1, 0.15) is 20.7 Å². The van der Waals surface area contributed by atoms with Crippen molar-refractivity contribution in [3.8, 4) is 11.5 Å². The van der Waals surface area contributed by atoms with Gasteiger partial charge in [0.1, 0.15) is 11.5 Å². The van der Waals surface area contributed by atoms with E-state index in [2.05, 4.69) is 74.4 Å². The summed E-state index contributed by atoms with van der Waals surface area (Å²) in [5, 5.41) is 26.4. The van der Waals surface area contributed by atoms with E-state index in [1.165, 1.54) is 21.6 Å². The number of rotatable bonds is 7. The molecule has 4 N–H and O–H groups in total. The first-order chi connectivity index (χ1) is 18.1. The van der Waals surface area contributed by atoms with Crippen molar-refractivity contribution in [3.63, 3.8) is 0 Å². The molecule has 0 aromatic heterocycles. The lowest BCUT2D eigenvalue weighted by molar-refractivity contribution is 0.101. The highest BCUT2D eigenvalue weighted by Crippen LogP contribution is 2.44. The Morgan fingerprint density at radius 2 is 0.974 bits per heavy atom.